The van der Waals surface area contributed by atoms with Crippen molar-refractivity contribution >= 4 is 0 Å². The van der Waals surface area contributed by atoms with Crippen LogP contribution in [0.2, 0.25) is 0 Å². The number of nitrogens with one attached hydrogen (secondary N) is 1. The SMILES string of the molecule is Cc1ccc(C)c(C(C)N2C[C@@H]3CCCN[C@@H]3C2)c1. The minimum Gasteiger partial charge on any atom is -0.312 e. The number of hydrogen-bond acceptors (Lipinski definition) is 2. The Hall–Kier alpha value is -0.860. The second-order valence-electron chi connectivity index (χ2n) is 6.45. The molecule has 104 valence electrons. The summed E-state index contributed by atoms with van der Waals surface area (Å²) in [5.74, 6) is 0.876. The van der Waals surface area contributed by atoms with Crippen molar-refractivity contribution in [1.29, 1.82) is 0 Å². The van der Waals surface area contributed by atoms with Gasteiger partial charge < -0.3 is 5.32 Å². The van der Waals surface area contributed by atoms with Crippen molar-refractivity contribution in [3.05, 3.63) is 34.9 Å². The molecule has 2 aliphatic rings. The van der Waals surface area contributed by atoms with E-state index in [1.807, 2.05) is 0 Å². The van der Waals surface area contributed by atoms with Crippen molar-refractivity contribution in [1.82, 2.24) is 10.2 Å². The maximum Gasteiger partial charge on any atom is 0.0323 e. The van der Waals surface area contributed by atoms with E-state index in [2.05, 4.69) is 49.2 Å². The number of fused-ring (bicyclic) bond motifs is 1. The molecule has 0 aromatic heterocycles. The molecule has 2 heterocycles. The number of nitrogens with zero attached hydrogens (tertiary/aromatic N) is 1. The quantitative estimate of drug-likeness (QED) is 0.877. The third-order valence-corrected chi connectivity index (χ3v) is 5.06. The van der Waals surface area contributed by atoms with Crippen LogP contribution in [0.25, 0.3) is 0 Å². The molecule has 2 nitrogen and oxygen atoms in total. The predicted molar refractivity (Wildman–Crippen MR) is 80.4 cm³/mol. The van der Waals surface area contributed by atoms with E-state index in [0.29, 0.717) is 6.04 Å². The summed E-state index contributed by atoms with van der Waals surface area (Å²) in [5, 5.41) is 3.70. The third kappa shape index (κ3) is 2.56. The van der Waals surface area contributed by atoms with Gasteiger partial charge in [0.2, 0.25) is 0 Å². The minimum atomic E-state index is 0.548. The monoisotopic (exact) mass is 258 g/mol. The van der Waals surface area contributed by atoms with E-state index in [4.69, 9.17) is 0 Å². The van der Waals surface area contributed by atoms with Gasteiger partial charge in [-0.1, -0.05) is 23.8 Å². The molecule has 2 aliphatic heterocycles. The van der Waals surface area contributed by atoms with Crippen LogP contribution >= 0.6 is 0 Å². The van der Waals surface area contributed by atoms with Gasteiger partial charge in [0.15, 0.2) is 0 Å². The van der Waals surface area contributed by atoms with E-state index < -0.39 is 0 Å². The maximum absolute atomic E-state index is 3.70. The molecular weight excluding hydrogens is 232 g/mol. The molecule has 0 bridgehead atoms. The zero-order valence-corrected chi connectivity index (χ0v) is 12.4. The van der Waals surface area contributed by atoms with Crippen LogP contribution in [0.4, 0.5) is 0 Å². The van der Waals surface area contributed by atoms with Crippen LogP contribution in [0.15, 0.2) is 18.2 Å². The summed E-state index contributed by atoms with van der Waals surface area (Å²) in [7, 11) is 0. The highest BCUT2D eigenvalue weighted by molar-refractivity contribution is 5.33. The second kappa shape index (κ2) is 5.26. The Morgan fingerprint density at radius 1 is 1.26 bits per heavy atom. The number of likely N-dealkylation sites (tertiary alicyclic amines) is 1. The van der Waals surface area contributed by atoms with E-state index in [-0.39, 0.29) is 0 Å². The standard InChI is InChI=1S/C17H26N2/c1-12-6-7-13(2)16(9-12)14(3)19-10-15-5-4-8-18-17(15)11-19/h6-7,9,14-15,17-18H,4-5,8,10-11H2,1-3H3/t14?,15-,17+/m0/s1. The van der Waals surface area contributed by atoms with E-state index >= 15 is 0 Å². The third-order valence-electron chi connectivity index (χ3n) is 5.06. The van der Waals surface area contributed by atoms with Crippen molar-refractivity contribution in [3.63, 3.8) is 0 Å². The first-order valence-electron chi connectivity index (χ1n) is 7.70. The van der Waals surface area contributed by atoms with Gasteiger partial charge in [-0.3, -0.25) is 4.90 Å². The van der Waals surface area contributed by atoms with Crippen LogP contribution in [0.5, 0.6) is 0 Å². The number of rotatable bonds is 2. The lowest BCUT2D eigenvalue weighted by Crippen LogP contribution is -2.40. The topological polar surface area (TPSA) is 15.3 Å². The summed E-state index contributed by atoms with van der Waals surface area (Å²) in [4.78, 5) is 2.68. The molecule has 0 amide bonds. The molecule has 3 rings (SSSR count). The Kier molecular flexibility index (Phi) is 3.64. The smallest absolute Gasteiger partial charge is 0.0323 e. The Morgan fingerprint density at radius 3 is 2.89 bits per heavy atom. The fourth-order valence-corrected chi connectivity index (χ4v) is 3.80. The highest BCUT2D eigenvalue weighted by Crippen LogP contribution is 2.32. The Labute approximate surface area is 117 Å². The molecule has 0 radical (unpaired) electrons. The summed E-state index contributed by atoms with van der Waals surface area (Å²) in [6.07, 6.45) is 2.76. The fraction of sp³-hybridized carbons (Fsp3) is 0.647. The average Bonchev–Trinajstić information content (AvgIpc) is 2.84. The number of piperidine rings is 1. The van der Waals surface area contributed by atoms with Crippen LogP contribution < -0.4 is 5.32 Å². The Balaban J connectivity index is 1.77. The normalized spacial score (nSPS) is 29.2. The van der Waals surface area contributed by atoms with Crippen molar-refractivity contribution in [2.45, 2.75) is 45.7 Å². The van der Waals surface area contributed by atoms with E-state index in [1.54, 1.807) is 0 Å². The van der Waals surface area contributed by atoms with Crippen molar-refractivity contribution in [2.24, 2.45) is 5.92 Å². The highest BCUT2D eigenvalue weighted by atomic mass is 15.2. The van der Waals surface area contributed by atoms with E-state index in [0.717, 1.165) is 12.0 Å². The van der Waals surface area contributed by atoms with Crippen LogP contribution in [-0.4, -0.2) is 30.6 Å². The molecule has 1 unspecified atom stereocenters. The van der Waals surface area contributed by atoms with Gasteiger partial charge >= 0.3 is 0 Å². The summed E-state index contributed by atoms with van der Waals surface area (Å²) in [6, 6.07) is 8.14. The van der Waals surface area contributed by atoms with Gasteiger partial charge in [-0.05, 0) is 57.2 Å². The zero-order chi connectivity index (χ0) is 13.4. The lowest BCUT2D eigenvalue weighted by Gasteiger charge is -2.26. The highest BCUT2D eigenvalue weighted by Gasteiger charge is 2.36. The van der Waals surface area contributed by atoms with E-state index in [1.165, 1.54) is 49.2 Å². The van der Waals surface area contributed by atoms with E-state index in [9.17, 15) is 0 Å². The van der Waals surface area contributed by atoms with Gasteiger partial charge in [-0.25, -0.2) is 0 Å². The molecule has 1 aromatic carbocycles. The molecule has 0 aliphatic carbocycles. The minimum absolute atomic E-state index is 0.548. The van der Waals surface area contributed by atoms with Gasteiger partial charge in [0, 0.05) is 25.2 Å². The second-order valence-corrected chi connectivity index (χ2v) is 6.45. The van der Waals surface area contributed by atoms with Crippen molar-refractivity contribution in [3.8, 4) is 0 Å². The van der Waals surface area contributed by atoms with Crippen LogP contribution in [0.1, 0.15) is 42.5 Å². The Bertz CT molecular complexity index is 441. The summed E-state index contributed by atoms with van der Waals surface area (Å²) >= 11 is 0. The van der Waals surface area contributed by atoms with Crippen molar-refractivity contribution < 1.29 is 0 Å². The molecule has 2 saturated heterocycles. The van der Waals surface area contributed by atoms with Crippen molar-refractivity contribution in [2.75, 3.05) is 19.6 Å². The average molecular weight is 258 g/mol. The molecule has 2 heteroatoms. The molecule has 2 fully saturated rings. The van der Waals surface area contributed by atoms with Gasteiger partial charge in [0.05, 0.1) is 0 Å². The summed E-state index contributed by atoms with van der Waals surface area (Å²) in [5.41, 5.74) is 4.32. The lowest BCUT2D eigenvalue weighted by atomic mass is 9.94. The largest absolute Gasteiger partial charge is 0.312 e. The first kappa shape index (κ1) is 13.1. The fourth-order valence-electron chi connectivity index (χ4n) is 3.80. The molecule has 1 N–H and O–H groups in total. The zero-order valence-electron chi connectivity index (χ0n) is 12.4. The number of aryl methyl sites for hydroxylation is 2. The molecule has 1 aromatic rings. The van der Waals surface area contributed by atoms with Gasteiger partial charge in [-0.15, -0.1) is 0 Å². The Morgan fingerprint density at radius 2 is 2.11 bits per heavy atom. The molecular formula is C17H26N2. The lowest BCUT2D eigenvalue weighted by molar-refractivity contribution is 0.250. The van der Waals surface area contributed by atoms with Crippen LogP contribution in [-0.2, 0) is 0 Å². The predicted octanol–water partition coefficient (Wildman–Crippen LogP) is 3.05. The maximum atomic E-state index is 3.70. The number of benzene rings is 1. The van der Waals surface area contributed by atoms with Crippen LogP contribution in [0, 0.1) is 19.8 Å². The van der Waals surface area contributed by atoms with Crippen LogP contribution in [0.3, 0.4) is 0 Å². The molecule has 19 heavy (non-hydrogen) atoms. The molecule has 0 saturated carbocycles. The number of hydrogen-bond donors (Lipinski definition) is 1. The van der Waals surface area contributed by atoms with Gasteiger partial charge in [-0.2, -0.15) is 0 Å². The van der Waals surface area contributed by atoms with Gasteiger partial charge in [0.25, 0.3) is 0 Å². The summed E-state index contributed by atoms with van der Waals surface area (Å²) in [6.45, 7) is 10.5. The first-order chi connectivity index (χ1) is 9.15. The van der Waals surface area contributed by atoms with Gasteiger partial charge in [0.1, 0.15) is 0 Å². The summed E-state index contributed by atoms with van der Waals surface area (Å²) < 4.78 is 0. The molecule has 0 spiro atoms. The first-order valence-corrected chi connectivity index (χ1v) is 7.70. The molecule has 3 atom stereocenters.